The predicted octanol–water partition coefficient (Wildman–Crippen LogP) is 3.98. The van der Waals surface area contributed by atoms with E-state index in [0.717, 1.165) is 37.1 Å². The van der Waals surface area contributed by atoms with Crippen molar-refractivity contribution in [2.45, 2.75) is 39.7 Å². The molecular formula is C22H27N3O2. The molecule has 2 N–H and O–H groups in total. The van der Waals surface area contributed by atoms with Gasteiger partial charge in [0.2, 0.25) is 5.91 Å². The van der Waals surface area contributed by atoms with E-state index in [0.29, 0.717) is 16.9 Å². The summed E-state index contributed by atoms with van der Waals surface area (Å²) in [6, 6.07) is 12.9. The van der Waals surface area contributed by atoms with Crippen LogP contribution in [0, 0.1) is 13.8 Å². The normalized spacial score (nSPS) is 15.4. The third-order valence-electron chi connectivity index (χ3n) is 5.13. The fourth-order valence-corrected chi connectivity index (χ4v) is 3.28. The molecule has 142 valence electrons. The van der Waals surface area contributed by atoms with Gasteiger partial charge >= 0.3 is 0 Å². The van der Waals surface area contributed by atoms with Crippen LogP contribution in [0.25, 0.3) is 0 Å². The van der Waals surface area contributed by atoms with E-state index in [1.807, 2.05) is 63.2 Å². The topological polar surface area (TPSA) is 61.4 Å². The van der Waals surface area contributed by atoms with Crippen molar-refractivity contribution in [3.05, 3.63) is 59.2 Å². The zero-order valence-electron chi connectivity index (χ0n) is 16.2. The van der Waals surface area contributed by atoms with Crippen molar-refractivity contribution in [2.75, 3.05) is 23.7 Å². The van der Waals surface area contributed by atoms with Crippen LogP contribution in [-0.4, -0.2) is 35.8 Å². The first-order chi connectivity index (χ1) is 12.9. The Hall–Kier alpha value is -2.66. The maximum absolute atomic E-state index is 12.5. The molecule has 1 aliphatic rings. The Morgan fingerprint density at radius 1 is 0.963 bits per heavy atom. The molecule has 2 amide bonds. The number of anilines is 2. The average Bonchev–Trinajstić information content (AvgIpc) is 3.19. The van der Waals surface area contributed by atoms with Gasteiger partial charge in [0, 0.05) is 16.9 Å². The predicted molar refractivity (Wildman–Crippen MR) is 109 cm³/mol. The first-order valence-electron chi connectivity index (χ1n) is 9.47. The molecule has 3 rings (SSSR count). The van der Waals surface area contributed by atoms with E-state index in [4.69, 9.17) is 0 Å². The second-order valence-corrected chi connectivity index (χ2v) is 7.26. The Morgan fingerprint density at radius 2 is 1.63 bits per heavy atom. The maximum atomic E-state index is 12.5. The van der Waals surface area contributed by atoms with Crippen LogP contribution in [-0.2, 0) is 4.79 Å². The largest absolute Gasteiger partial charge is 0.325 e. The van der Waals surface area contributed by atoms with Crippen LogP contribution in [0.5, 0.6) is 0 Å². The van der Waals surface area contributed by atoms with Crippen molar-refractivity contribution >= 4 is 23.2 Å². The summed E-state index contributed by atoms with van der Waals surface area (Å²) in [5, 5.41) is 5.92. The first kappa shape index (κ1) is 19.1. The number of carbonyl (C=O) groups is 2. The SMILES string of the molecule is Cc1ccc(C(=O)Nc2cc(NC(=O)C(C)N3CCCC3)ccc2C)cc1. The number of nitrogens with zero attached hydrogens (tertiary/aromatic N) is 1. The number of carbonyl (C=O) groups excluding carboxylic acids is 2. The van der Waals surface area contributed by atoms with E-state index in [1.165, 1.54) is 0 Å². The minimum absolute atomic E-state index is 0.0171. The van der Waals surface area contributed by atoms with Gasteiger partial charge in [-0.15, -0.1) is 0 Å². The number of hydrogen-bond acceptors (Lipinski definition) is 3. The highest BCUT2D eigenvalue weighted by Crippen LogP contribution is 2.22. The molecular weight excluding hydrogens is 338 g/mol. The van der Waals surface area contributed by atoms with Crippen LogP contribution in [0.4, 0.5) is 11.4 Å². The van der Waals surface area contributed by atoms with Gasteiger partial charge in [-0.1, -0.05) is 23.8 Å². The highest BCUT2D eigenvalue weighted by Gasteiger charge is 2.24. The molecule has 5 nitrogen and oxygen atoms in total. The van der Waals surface area contributed by atoms with Crippen molar-refractivity contribution in [3.63, 3.8) is 0 Å². The number of benzene rings is 2. The summed E-state index contributed by atoms with van der Waals surface area (Å²) < 4.78 is 0. The zero-order valence-corrected chi connectivity index (χ0v) is 16.2. The third kappa shape index (κ3) is 4.74. The second-order valence-electron chi connectivity index (χ2n) is 7.26. The molecule has 1 fully saturated rings. The van der Waals surface area contributed by atoms with Crippen LogP contribution in [0.1, 0.15) is 41.3 Å². The van der Waals surface area contributed by atoms with Crippen LogP contribution in [0.15, 0.2) is 42.5 Å². The van der Waals surface area contributed by atoms with Crippen molar-refractivity contribution in [2.24, 2.45) is 0 Å². The molecule has 0 aromatic heterocycles. The van der Waals surface area contributed by atoms with Crippen LogP contribution in [0.2, 0.25) is 0 Å². The van der Waals surface area contributed by atoms with E-state index in [2.05, 4.69) is 15.5 Å². The first-order valence-corrected chi connectivity index (χ1v) is 9.47. The van der Waals surface area contributed by atoms with E-state index in [1.54, 1.807) is 0 Å². The van der Waals surface area contributed by atoms with Crippen LogP contribution >= 0.6 is 0 Å². The smallest absolute Gasteiger partial charge is 0.255 e. The Labute approximate surface area is 160 Å². The number of likely N-dealkylation sites (tertiary alicyclic amines) is 1. The van der Waals surface area contributed by atoms with Gasteiger partial charge in [-0.05, 0) is 76.5 Å². The molecule has 1 heterocycles. The number of hydrogen-bond donors (Lipinski definition) is 2. The number of nitrogens with one attached hydrogen (secondary N) is 2. The molecule has 0 saturated carbocycles. The average molecular weight is 365 g/mol. The highest BCUT2D eigenvalue weighted by atomic mass is 16.2. The second kappa shape index (κ2) is 8.35. The van der Waals surface area contributed by atoms with Crippen molar-refractivity contribution in [1.82, 2.24) is 4.90 Å². The summed E-state index contributed by atoms with van der Waals surface area (Å²) in [7, 11) is 0. The summed E-state index contributed by atoms with van der Waals surface area (Å²) in [4.78, 5) is 27.2. The Balaban J connectivity index is 1.69. The monoisotopic (exact) mass is 365 g/mol. The lowest BCUT2D eigenvalue weighted by atomic mass is 10.1. The van der Waals surface area contributed by atoms with E-state index in [-0.39, 0.29) is 17.9 Å². The number of amides is 2. The fraction of sp³-hybridized carbons (Fsp3) is 0.364. The molecule has 27 heavy (non-hydrogen) atoms. The molecule has 0 spiro atoms. The molecule has 1 saturated heterocycles. The molecule has 1 aliphatic heterocycles. The lowest BCUT2D eigenvalue weighted by molar-refractivity contribution is -0.120. The Kier molecular flexibility index (Phi) is 5.91. The third-order valence-corrected chi connectivity index (χ3v) is 5.13. The highest BCUT2D eigenvalue weighted by molar-refractivity contribution is 6.05. The van der Waals surface area contributed by atoms with Gasteiger partial charge in [0.15, 0.2) is 0 Å². The molecule has 5 heteroatoms. The standard InChI is InChI=1S/C22H27N3O2/c1-15-6-9-18(10-7-15)22(27)24-20-14-19(11-8-16(20)2)23-21(26)17(3)25-12-4-5-13-25/h6-11,14,17H,4-5,12-13H2,1-3H3,(H,23,26)(H,24,27). The molecule has 2 aromatic rings. The maximum Gasteiger partial charge on any atom is 0.255 e. The van der Waals surface area contributed by atoms with Crippen LogP contribution < -0.4 is 10.6 Å². The van der Waals surface area contributed by atoms with Gasteiger partial charge in [0.05, 0.1) is 6.04 Å². The van der Waals surface area contributed by atoms with E-state index < -0.39 is 0 Å². The lowest BCUT2D eigenvalue weighted by Gasteiger charge is -2.23. The summed E-state index contributed by atoms with van der Waals surface area (Å²) in [6.07, 6.45) is 2.30. The minimum atomic E-state index is -0.160. The molecule has 0 aliphatic carbocycles. The van der Waals surface area contributed by atoms with Gasteiger partial charge in [-0.2, -0.15) is 0 Å². The number of rotatable bonds is 5. The molecule has 0 bridgehead atoms. The summed E-state index contributed by atoms with van der Waals surface area (Å²) in [5.74, 6) is -0.177. The Morgan fingerprint density at radius 3 is 2.30 bits per heavy atom. The van der Waals surface area contributed by atoms with E-state index >= 15 is 0 Å². The zero-order chi connectivity index (χ0) is 19.4. The van der Waals surface area contributed by atoms with Crippen molar-refractivity contribution in [3.8, 4) is 0 Å². The molecule has 1 atom stereocenters. The van der Waals surface area contributed by atoms with Crippen molar-refractivity contribution < 1.29 is 9.59 Å². The summed E-state index contributed by atoms with van der Waals surface area (Å²) >= 11 is 0. The minimum Gasteiger partial charge on any atom is -0.325 e. The molecule has 1 unspecified atom stereocenters. The number of aryl methyl sites for hydroxylation is 2. The van der Waals surface area contributed by atoms with Gasteiger partial charge in [-0.25, -0.2) is 0 Å². The van der Waals surface area contributed by atoms with Gasteiger partial charge in [-0.3, -0.25) is 14.5 Å². The Bertz CT molecular complexity index is 824. The van der Waals surface area contributed by atoms with Gasteiger partial charge in [0.25, 0.3) is 5.91 Å². The molecule has 0 radical (unpaired) electrons. The van der Waals surface area contributed by atoms with E-state index in [9.17, 15) is 9.59 Å². The summed E-state index contributed by atoms with van der Waals surface area (Å²) in [5.41, 5.74) is 4.06. The molecule has 2 aromatic carbocycles. The lowest BCUT2D eigenvalue weighted by Crippen LogP contribution is -2.40. The summed E-state index contributed by atoms with van der Waals surface area (Å²) in [6.45, 7) is 7.81. The van der Waals surface area contributed by atoms with Gasteiger partial charge < -0.3 is 10.6 Å². The van der Waals surface area contributed by atoms with Crippen molar-refractivity contribution in [1.29, 1.82) is 0 Å². The fourth-order valence-electron chi connectivity index (χ4n) is 3.28. The van der Waals surface area contributed by atoms with Gasteiger partial charge in [0.1, 0.15) is 0 Å². The van der Waals surface area contributed by atoms with Crippen LogP contribution in [0.3, 0.4) is 0 Å². The quantitative estimate of drug-likeness (QED) is 0.842.